The van der Waals surface area contributed by atoms with Crippen LogP contribution in [0.1, 0.15) is 25.8 Å². The number of amides is 2. The highest BCUT2D eigenvalue weighted by molar-refractivity contribution is 9.10. The van der Waals surface area contributed by atoms with Crippen molar-refractivity contribution < 1.29 is 14.3 Å². The molecule has 1 atom stereocenters. The minimum atomic E-state index is -0.553. The van der Waals surface area contributed by atoms with Crippen molar-refractivity contribution in [1.82, 2.24) is 5.32 Å². The van der Waals surface area contributed by atoms with Gasteiger partial charge in [0.05, 0.1) is 16.8 Å². The van der Waals surface area contributed by atoms with Gasteiger partial charge < -0.3 is 4.74 Å². The second kappa shape index (κ2) is 9.07. The number of nitrogens with one attached hydrogen (secondary N) is 1. The Morgan fingerprint density at radius 3 is 2.69 bits per heavy atom. The highest BCUT2D eigenvalue weighted by Gasteiger charge is 2.34. The zero-order valence-electron chi connectivity index (χ0n) is 15.7. The van der Waals surface area contributed by atoms with Crippen molar-refractivity contribution in [3.63, 3.8) is 0 Å². The van der Waals surface area contributed by atoms with Crippen molar-refractivity contribution in [2.24, 2.45) is 0 Å². The first-order valence-corrected chi connectivity index (χ1v) is 10.5. The van der Waals surface area contributed by atoms with Gasteiger partial charge in [0.25, 0.3) is 11.8 Å². The number of benzene rings is 2. The van der Waals surface area contributed by atoms with Gasteiger partial charge in [-0.1, -0.05) is 46.6 Å². The van der Waals surface area contributed by atoms with Gasteiger partial charge in [-0.25, -0.2) is 0 Å². The van der Waals surface area contributed by atoms with Gasteiger partial charge in [0, 0.05) is 4.47 Å². The Hall–Kier alpha value is -2.22. The number of carbonyl (C=O) groups excluding carboxylic acids is 2. The molecule has 0 radical (unpaired) electrons. The summed E-state index contributed by atoms with van der Waals surface area (Å²) in [7, 11) is 0. The molecule has 1 heterocycles. The standard InChI is InChI=1S/C21H18BrClN2O3S/c1-3-12(2)28-18-8-7-13(10-17(18)23)9-16-19(26)24-21(29)25(20(16)27)15-6-4-5-14(22)11-15/h4-12H,3H2,1-2H3,(H,24,26,29)/b16-9+/t12-/m0/s1. The molecular formula is C21H18BrClN2O3S. The fraction of sp³-hybridized carbons (Fsp3) is 0.190. The van der Waals surface area contributed by atoms with E-state index in [2.05, 4.69) is 21.2 Å². The molecule has 2 aromatic carbocycles. The van der Waals surface area contributed by atoms with Crippen LogP contribution < -0.4 is 15.0 Å². The fourth-order valence-electron chi connectivity index (χ4n) is 2.68. The number of anilines is 1. The van der Waals surface area contributed by atoms with E-state index in [1.807, 2.05) is 19.9 Å². The molecule has 0 bridgehead atoms. The summed E-state index contributed by atoms with van der Waals surface area (Å²) in [4.78, 5) is 26.7. The molecule has 1 aliphatic heterocycles. The SMILES string of the molecule is CC[C@H](C)Oc1ccc(/C=C2\C(=O)NC(=S)N(c3cccc(Br)c3)C2=O)cc1Cl. The van der Waals surface area contributed by atoms with Crippen molar-refractivity contribution in [2.75, 3.05) is 4.90 Å². The number of halogens is 2. The van der Waals surface area contributed by atoms with Crippen molar-refractivity contribution in [3.8, 4) is 5.75 Å². The van der Waals surface area contributed by atoms with Crippen LogP contribution in [0.15, 0.2) is 52.5 Å². The lowest BCUT2D eigenvalue weighted by molar-refractivity contribution is -0.122. The van der Waals surface area contributed by atoms with E-state index >= 15 is 0 Å². The third-order valence-corrected chi connectivity index (χ3v) is 5.41. The second-order valence-electron chi connectivity index (χ2n) is 6.46. The van der Waals surface area contributed by atoms with Crippen LogP contribution >= 0.6 is 39.7 Å². The van der Waals surface area contributed by atoms with Gasteiger partial charge in [-0.05, 0) is 67.5 Å². The molecule has 150 valence electrons. The van der Waals surface area contributed by atoms with Gasteiger partial charge in [0.1, 0.15) is 11.3 Å². The van der Waals surface area contributed by atoms with E-state index in [0.717, 1.165) is 10.9 Å². The van der Waals surface area contributed by atoms with E-state index in [-0.39, 0.29) is 16.8 Å². The summed E-state index contributed by atoms with van der Waals surface area (Å²) >= 11 is 14.9. The quantitative estimate of drug-likeness (QED) is 0.357. The molecule has 0 spiro atoms. The van der Waals surface area contributed by atoms with E-state index in [1.54, 1.807) is 36.4 Å². The summed E-state index contributed by atoms with van der Waals surface area (Å²) in [6.07, 6.45) is 2.37. The lowest BCUT2D eigenvalue weighted by atomic mass is 10.1. The molecule has 1 N–H and O–H groups in total. The molecule has 1 saturated heterocycles. The van der Waals surface area contributed by atoms with Crippen LogP contribution in [0.5, 0.6) is 5.75 Å². The first kappa shape index (κ1) is 21.5. The minimum absolute atomic E-state index is 0.0298. The first-order valence-electron chi connectivity index (χ1n) is 8.93. The van der Waals surface area contributed by atoms with Crippen LogP contribution in [0.3, 0.4) is 0 Å². The summed E-state index contributed by atoms with van der Waals surface area (Å²) in [6, 6.07) is 12.2. The maximum Gasteiger partial charge on any atom is 0.270 e. The Morgan fingerprint density at radius 1 is 1.28 bits per heavy atom. The Bertz CT molecular complexity index is 1020. The smallest absolute Gasteiger partial charge is 0.270 e. The van der Waals surface area contributed by atoms with Crippen LogP contribution in [0.25, 0.3) is 6.08 Å². The van der Waals surface area contributed by atoms with E-state index in [1.165, 1.54) is 11.0 Å². The summed E-state index contributed by atoms with van der Waals surface area (Å²) in [5.74, 6) is -0.505. The van der Waals surface area contributed by atoms with Crippen LogP contribution in [0, 0.1) is 0 Å². The molecule has 2 amide bonds. The van der Waals surface area contributed by atoms with Crippen molar-refractivity contribution in [3.05, 3.63) is 63.1 Å². The van der Waals surface area contributed by atoms with Gasteiger partial charge >= 0.3 is 0 Å². The zero-order chi connectivity index (χ0) is 21.1. The van der Waals surface area contributed by atoms with Crippen LogP contribution in [0.2, 0.25) is 5.02 Å². The van der Waals surface area contributed by atoms with Crippen LogP contribution in [0.4, 0.5) is 5.69 Å². The highest BCUT2D eigenvalue weighted by atomic mass is 79.9. The maximum atomic E-state index is 13.0. The molecule has 3 rings (SSSR count). The molecule has 0 unspecified atom stereocenters. The van der Waals surface area contributed by atoms with Gasteiger partial charge in [0.2, 0.25) is 0 Å². The summed E-state index contributed by atoms with van der Waals surface area (Å²) < 4.78 is 6.54. The van der Waals surface area contributed by atoms with Crippen LogP contribution in [-0.4, -0.2) is 23.0 Å². The van der Waals surface area contributed by atoms with E-state index < -0.39 is 11.8 Å². The summed E-state index contributed by atoms with van der Waals surface area (Å²) in [5.41, 5.74) is 1.12. The molecule has 0 saturated carbocycles. The molecule has 1 fully saturated rings. The Kier molecular flexibility index (Phi) is 6.72. The number of rotatable bonds is 5. The summed E-state index contributed by atoms with van der Waals surface area (Å²) in [6.45, 7) is 3.97. The normalized spacial score (nSPS) is 16.8. The van der Waals surface area contributed by atoms with E-state index in [9.17, 15) is 9.59 Å². The number of hydrogen-bond acceptors (Lipinski definition) is 4. The van der Waals surface area contributed by atoms with E-state index in [0.29, 0.717) is 22.0 Å². The average Bonchev–Trinajstić information content (AvgIpc) is 2.67. The van der Waals surface area contributed by atoms with Gasteiger partial charge in [-0.2, -0.15) is 0 Å². The average molecular weight is 494 g/mol. The van der Waals surface area contributed by atoms with Gasteiger partial charge in [0.15, 0.2) is 5.11 Å². The lowest BCUT2D eigenvalue weighted by Gasteiger charge is -2.29. The maximum absolute atomic E-state index is 13.0. The molecule has 8 heteroatoms. The van der Waals surface area contributed by atoms with Crippen molar-refractivity contribution in [2.45, 2.75) is 26.4 Å². The largest absolute Gasteiger partial charge is 0.489 e. The number of hydrogen-bond donors (Lipinski definition) is 1. The molecule has 29 heavy (non-hydrogen) atoms. The lowest BCUT2D eigenvalue weighted by Crippen LogP contribution is -2.54. The number of ether oxygens (including phenoxy) is 1. The number of carbonyl (C=O) groups is 2. The third-order valence-electron chi connectivity index (χ3n) is 4.34. The topological polar surface area (TPSA) is 58.6 Å². The summed E-state index contributed by atoms with van der Waals surface area (Å²) in [5, 5.41) is 3.00. The Labute approximate surface area is 187 Å². The fourth-order valence-corrected chi connectivity index (χ4v) is 3.58. The zero-order valence-corrected chi connectivity index (χ0v) is 18.9. The molecule has 0 aromatic heterocycles. The molecule has 5 nitrogen and oxygen atoms in total. The highest BCUT2D eigenvalue weighted by Crippen LogP contribution is 2.29. The third kappa shape index (κ3) is 4.86. The Balaban J connectivity index is 1.93. The second-order valence-corrected chi connectivity index (χ2v) is 8.17. The monoisotopic (exact) mass is 492 g/mol. The predicted molar refractivity (Wildman–Crippen MR) is 122 cm³/mol. The minimum Gasteiger partial charge on any atom is -0.489 e. The Morgan fingerprint density at radius 2 is 2.03 bits per heavy atom. The predicted octanol–water partition coefficient (Wildman–Crippen LogP) is 5.11. The first-order chi connectivity index (χ1) is 13.8. The van der Waals surface area contributed by atoms with Crippen LogP contribution in [-0.2, 0) is 9.59 Å². The number of nitrogens with zero attached hydrogens (tertiary/aromatic N) is 1. The van der Waals surface area contributed by atoms with Gasteiger partial charge in [-0.15, -0.1) is 0 Å². The van der Waals surface area contributed by atoms with Crippen molar-refractivity contribution >= 4 is 68.4 Å². The molecule has 0 aliphatic carbocycles. The number of thiocarbonyl (C=S) groups is 1. The molecule has 2 aromatic rings. The molecular weight excluding hydrogens is 476 g/mol. The van der Waals surface area contributed by atoms with Gasteiger partial charge in [-0.3, -0.25) is 19.8 Å². The van der Waals surface area contributed by atoms with Crippen molar-refractivity contribution in [1.29, 1.82) is 0 Å². The van der Waals surface area contributed by atoms with E-state index in [4.69, 9.17) is 28.6 Å². The molecule has 1 aliphatic rings.